The summed E-state index contributed by atoms with van der Waals surface area (Å²) in [6.07, 6.45) is 1.14. The minimum Gasteiger partial charge on any atom is -0.481 e. The fourth-order valence-corrected chi connectivity index (χ4v) is 8.20. The van der Waals surface area contributed by atoms with Gasteiger partial charge in [0.15, 0.2) is 0 Å². The van der Waals surface area contributed by atoms with Crippen LogP contribution in [0.15, 0.2) is 0 Å². The Morgan fingerprint density at radius 1 is 1.15 bits per heavy atom. The third-order valence-electron chi connectivity index (χ3n) is 3.87. The first kappa shape index (κ1) is 19.1. The lowest BCUT2D eigenvalue weighted by molar-refractivity contribution is -0.147. The molecule has 0 spiro atoms. The van der Waals surface area contributed by atoms with Crippen LogP contribution in [-0.4, -0.2) is 37.4 Å². The van der Waals surface area contributed by atoms with Crippen LogP contribution >= 0.6 is 0 Å². The van der Waals surface area contributed by atoms with E-state index in [4.69, 9.17) is 9.63 Å². The van der Waals surface area contributed by atoms with Crippen LogP contribution in [0, 0.1) is 0 Å². The average molecular weight is 303 g/mol. The Morgan fingerprint density at radius 3 is 1.90 bits per heavy atom. The van der Waals surface area contributed by atoms with E-state index in [1.165, 1.54) is 5.06 Å². The zero-order chi connectivity index (χ0) is 15.9. The molecule has 1 N–H and O–H groups in total. The Morgan fingerprint density at radius 2 is 1.60 bits per heavy atom. The number of aliphatic carboxylic acids is 1. The van der Waals surface area contributed by atoms with Crippen molar-refractivity contribution in [1.82, 2.24) is 5.06 Å². The number of hydroxylamine groups is 2. The number of carbonyl (C=O) groups is 2. The number of rotatable bonds is 10. The Hall–Kier alpha value is -0.883. The molecule has 0 aromatic carbocycles. The SMILES string of the molecule is CC(C)[Si](ON(C=O)CCCC(=O)O)(C(C)C)C(C)C. The van der Waals surface area contributed by atoms with Crippen molar-refractivity contribution in [1.29, 1.82) is 0 Å². The highest BCUT2D eigenvalue weighted by Gasteiger charge is 2.47. The van der Waals surface area contributed by atoms with Crippen LogP contribution in [0.3, 0.4) is 0 Å². The Kier molecular flexibility index (Phi) is 8.04. The van der Waals surface area contributed by atoms with Gasteiger partial charge >= 0.3 is 5.97 Å². The Balaban J connectivity index is 4.93. The zero-order valence-corrected chi connectivity index (χ0v) is 14.5. The molecule has 6 heteroatoms. The molecule has 0 aromatic heterocycles. The van der Waals surface area contributed by atoms with Crippen molar-refractivity contribution in [2.75, 3.05) is 6.54 Å². The summed E-state index contributed by atoms with van der Waals surface area (Å²) in [7, 11) is -2.14. The van der Waals surface area contributed by atoms with Crippen molar-refractivity contribution < 1.29 is 19.2 Å². The first-order valence-electron chi connectivity index (χ1n) is 7.31. The number of hydrogen-bond donors (Lipinski definition) is 1. The van der Waals surface area contributed by atoms with Gasteiger partial charge in [0.1, 0.15) is 0 Å². The zero-order valence-electron chi connectivity index (χ0n) is 13.5. The van der Waals surface area contributed by atoms with E-state index in [0.29, 0.717) is 36.0 Å². The summed E-state index contributed by atoms with van der Waals surface area (Å²) < 4.78 is 6.16. The van der Waals surface area contributed by atoms with E-state index < -0.39 is 14.3 Å². The third kappa shape index (κ3) is 4.90. The van der Waals surface area contributed by atoms with Gasteiger partial charge in [-0.1, -0.05) is 41.5 Å². The lowest BCUT2D eigenvalue weighted by Gasteiger charge is -2.43. The molecule has 0 fully saturated rings. The minimum atomic E-state index is -2.14. The molecule has 0 atom stereocenters. The monoisotopic (exact) mass is 303 g/mol. The molecule has 0 heterocycles. The van der Waals surface area contributed by atoms with Crippen molar-refractivity contribution in [3.8, 4) is 0 Å². The highest BCUT2D eigenvalue weighted by Crippen LogP contribution is 2.42. The number of nitrogens with zero attached hydrogens (tertiary/aromatic N) is 1. The van der Waals surface area contributed by atoms with Crippen molar-refractivity contribution >= 4 is 20.7 Å². The van der Waals surface area contributed by atoms with Crippen molar-refractivity contribution in [2.45, 2.75) is 71.0 Å². The Bertz CT molecular complexity index is 297. The summed E-state index contributed by atoms with van der Waals surface area (Å²) in [5.41, 5.74) is 1.14. The van der Waals surface area contributed by atoms with Gasteiger partial charge in [-0.25, -0.2) is 5.06 Å². The van der Waals surface area contributed by atoms with Gasteiger partial charge in [-0.2, -0.15) is 0 Å². The molecule has 0 rings (SSSR count). The number of carbonyl (C=O) groups excluding carboxylic acids is 1. The molecule has 118 valence electrons. The second-order valence-electron chi connectivity index (χ2n) is 6.15. The van der Waals surface area contributed by atoms with Gasteiger partial charge in [0.25, 0.3) is 0 Å². The summed E-state index contributed by atoms with van der Waals surface area (Å²) in [6.45, 7) is 13.2. The molecule has 0 bridgehead atoms. The molecule has 5 nitrogen and oxygen atoms in total. The molecular formula is C14H29NO4Si. The van der Waals surface area contributed by atoms with E-state index in [1.807, 2.05) is 0 Å². The van der Waals surface area contributed by atoms with E-state index in [0.717, 1.165) is 0 Å². The van der Waals surface area contributed by atoms with E-state index in [-0.39, 0.29) is 6.42 Å². The summed E-state index contributed by atoms with van der Waals surface area (Å²) in [6, 6.07) is 0. The predicted octanol–water partition coefficient (Wildman–Crippen LogP) is 3.42. The molecule has 1 amide bonds. The second kappa shape index (κ2) is 8.41. The van der Waals surface area contributed by atoms with Gasteiger partial charge in [-0.15, -0.1) is 0 Å². The standard InChI is InChI=1S/C14H29NO4Si/c1-11(2)20(12(3)4,13(5)6)19-15(10-16)9-7-8-14(17)18/h10-13H,7-9H2,1-6H3,(H,17,18). The van der Waals surface area contributed by atoms with Gasteiger partial charge in [0, 0.05) is 13.0 Å². The van der Waals surface area contributed by atoms with Crippen molar-refractivity contribution in [3.05, 3.63) is 0 Å². The molecule has 0 aliphatic rings. The van der Waals surface area contributed by atoms with Gasteiger partial charge in [-0.3, -0.25) is 9.59 Å². The molecule has 0 saturated carbocycles. The van der Waals surface area contributed by atoms with Crippen molar-refractivity contribution in [2.24, 2.45) is 0 Å². The van der Waals surface area contributed by atoms with E-state index in [1.54, 1.807) is 0 Å². The lowest BCUT2D eigenvalue weighted by atomic mass is 10.3. The molecule has 0 aliphatic heterocycles. The number of carboxylic acids is 1. The maximum atomic E-state index is 11.2. The van der Waals surface area contributed by atoms with Crippen molar-refractivity contribution in [3.63, 3.8) is 0 Å². The van der Waals surface area contributed by atoms with E-state index in [9.17, 15) is 9.59 Å². The molecule has 0 saturated heterocycles. The minimum absolute atomic E-state index is 0.0489. The molecule has 0 radical (unpaired) electrons. The number of carboxylic acid groups (broad SMARTS) is 1. The van der Waals surface area contributed by atoms with E-state index >= 15 is 0 Å². The molecule has 20 heavy (non-hydrogen) atoms. The topological polar surface area (TPSA) is 66.8 Å². The normalized spacial score (nSPS) is 12.2. The van der Waals surface area contributed by atoms with Crippen LogP contribution in [0.1, 0.15) is 54.4 Å². The number of hydrogen-bond acceptors (Lipinski definition) is 3. The lowest BCUT2D eigenvalue weighted by Crippen LogP contribution is -2.52. The van der Waals surface area contributed by atoms with Crippen LogP contribution < -0.4 is 0 Å². The average Bonchev–Trinajstić information content (AvgIpc) is 2.31. The fraction of sp³-hybridized carbons (Fsp3) is 0.857. The van der Waals surface area contributed by atoms with E-state index in [2.05, 4.69) is 41.5 Å². The second-order valence-corrected chi connectivity index (χ2v) is 11.5. The largest absolute Gasteiger partial charge is 0.481 e. The molecule has 0 unspecified atom stereocenters. The molecular weight excluding hydrogens is 274 g/mol. The van der Waals surface area contributed by atoms with Gasteiger partial charge in [-0.05, 0) is 23.0 Å². The van der Waals surface area contributed by atoms with Gasteiger partial charge < -0.3 is 9.63 Å². The van der Waals surface area contributed by atoms with Gasteiger partial charge in [0.05, 0.1) is 0 Å². The van der Waals surface area contributed by atoms with Crippen LogP contribution in [0.5, 0.6) is 0 Å². The fourth-order valence-electron chi connectivity index (χ4n) is 3.03. The predicted molar refractivity (Wildman–Crippen MR) is 81.8 cm³/mol. The highest BCUT2D eigenvalue weighted by atomic mass is 28.4. The first-order valence-corrected chi connectivity index (χ1v) is 9.45. The first-order chi connectivity index (χ1) is 9.18. The summed E-state index contributed by atoms with van der Waals surface area (Å²) >= 11 is 0. The van der Waals surface area contributed by atoms with Gasteiger partial charge in [0.2, 0.25) is 14.7 Å². The van der Waals surface area contributed by atoms with Crippen LogP contribution in [0.25, 0.3) is 0 Å². The third-order valence-corrected chi connectivity index (χ3v) is 9.83. The smallest absolute Gasteiger partial charge is 0.303 e. The molecule has 0 aromatic rings. The van der Waals surface area contributed by atoms with Crippen LogP contribution in [0.2, 0.25) is 16.6 Å². The maximum Gasteiger partial charge on any atom is 0.303 e. The quantitative estimate of drug-likeness (QED) is 0.381. The maximum absolute atomic E-state index is 11.2. The highest BCUT2D eigenvalue weighted by molar-refractivity contribution is 6.77. The summed E-state index contributed by atoms with van der Waals surface area (Å²) in [5.74, 6) is -0.851. The summed E-state index contributed by atoms with van der Waals surface area (Å²) in [4.78, 5) is 21.7. The van der Waals surface area contributed by atoms with Crippen LogP contribution in [-0.2, 0) is 14.1 Å². The van der Waals surface area contributed by atoms with Crippen LogP contribution in [0.4, 0.5) is 0 Å². The number of amides is 1. The molecule has 0 aliphatic carbocycles. The summed E-state index contributed by atoms with van der Waals surface area (Å²) in [5, 5.41) is 9.97. The Labute approximate surface area is 123 Å².